The molecule has 18 heavy (non-hydrogen) atoms. The molecular weight excluding hydrogens is 224 g/mol. The second-order valence-corrected chi connectivity index (χ2v) is 4.66. The van der Waals surface area contributed by atoms with E-state index >= 15 is 0 Å². The molecule has 0 unspecified atom stereocenters. The minimum atomic E-state index is 0.945. The van der Waals surface area contributed by atoms with E-state index in [0.29, 0.717) is 0 Å². The lowest BCUT2D eigenvalue weighted by Crippen LogP contribution is -1.93. The molecular formula is C15H20N2O. The highest BCUT2D eigenvalue weighted by Crippen LogP contribution is 2.31. The maximum atomic E-state index is 5.41. The Morgan fingerprint density at radius 1 is 1.22 bits per heavy atom. The van der Waals surface area contributed by atoms with E-state index in [2.05, 4.69) is 44.2 Å². The Hall–Kier alpha value is -1.77. The summed E-state index contributed by atoms with van der Waals surface area (Å²) >= 11 is 0. The average Bonchev–Trinajstić information content (AvgIpc) is 2.70. The molecule has 0 aliphatic heterocycles. The van der Waals surface area contributed by atoms with Crippen LogP contribution in [0.4, 0.5) is 0 Å². The van der Waals surface area contributed by atoms with Crippen molar-refractivity contribution in [1.82, 2.24) is 9.78 Å². The van der Waals surface area contributed by atoms with Gasteiger partial charge in [-0.25, -0.2) is 0 Å². The second kappa shape index (κ2) is 4.84. The predicted octanol–water partition coefficient (Wildman–Crippen LogP) is 3.27. The van der Waals surface area contributed by atoms with E-state index in [1.165, 1.54) is 22.3 Å². The molecule has 1 heterocycles. The first kappa shape index (κ1) is 12.7. The lowest BCUT2D eigenvalue weighted by Gasteiger charge is -2.11. The summed E-state index contributed by atoms with van der Waals surface area (Å²) in [6.45, 7) is 6.30. The Kier molecular flexibility index (Phi) is 3.41. The highest BCUT2D eigenvalue weighted by atomic mass is 16.5. The topological polar surface area (TPSA) is 27.1 Å². The molecule has 0 saturated carbocycles. The van der Waals surface area contributed by atoms with E-state index in [0.717, 1.165) is 17.9 Å². The number of nitrogens with zero attached hydrogens (tertiary/aromatic N) is 2. The van der Waals surface area contributed by atoms with E-state index in [1.807, 2.05) is 11.7 Å². The number of hydrogen-bond donors (Lipinski definition) is 0. The second-order valence-electron chi connectivity index (χ2n) is 4.66. The highest BCUT2D eigenvalue weighted by Gasteiger charge is 2.11. The van der Waals surface area contributed by atoms with E-state index in [1.54, 1.807) is 7.11 Å². The van der Waals surface area contributed by atoms with Crippen LogP contribution in [-0.2, 0) is 13.5 Å². The summed E-state index contributed by atoms with van der Waals surface area (Å²) < 4.78 is 7.29. The molecule has 1 aromatic carbocycles. The molecule has 2 rings (SSSR count). The monoisotopic (exact) mass is 244 g/mol. The van der Waals surface area contributed by atoms with Crippen LogP contribution in [0, 0.1) is 13.8 Å². The Balaban J connectivity index is 2.57. The summed E-state index contributed by atoms with van der Waals surface area (Å²) in [4.78, 5) is 0. The van der Waals surface area contributed by atoms with Crippen molar-refractivity contribution >= 4 is 0 Å². The van der Waals surface area contributed by atoms with Crippen molar-refractivity contribution in [3.8, 4) is 16.9 Å². The first-order valence-corrected chi connectivity index (χ1v) is 6.25. The van der Waals surface area contributed by atoms with Crippen molar-refractivity contribution < 1.29 is 4.74 Å². The Bertz CT molecular complexity index is 547. The normalized spacial score (nSPS) is 10.7. The van der Waals surface area contributed by atoms with Gasteiger partial charge >= 0.3 is 0 Å². The molecule has 0 saturated heterocycles. The van der Waals surface area contributed by atoms with Crippen LogP contribution in [0.3, 0.4) is 0 Å². The number of aryl methyl sites for hydroxylation is 4. The van der Waals surface area contributed by atoms with Gasteiger partial charge in [0.1, 0.15) is 5.75 Å². The molecule has 3 nitrogen and oxygen atoms in total. The van der Waals surface area contributed by atoms with Crippen molar-refractivity contribution in [3.63, 3.8) is 0 Å². The first-order valence-electron chi connectivity index (χ1n) is 6.25. The summed E-state index contributed by atoms with van der Waals surface area (Å²) in [7, 11) is 3.68. The zero-order valence-electron chi connectivity index (χ0n) is 11.7. The molecule has 0 atom stereocenters. The summed E-state index contributed by atoms with van der Waals surface area (Å²) in [5.41, 5.74) is 5.91. The SMILES string of the molecule is CCc1nn(C)cc1-c1cc(C)c(OC)c(C)c1. The van der Waals surface area contributed by atoms with Gasteiger partial charge in [0.15, 0.2) is 0 Å². The molecule has 0 amide bonds. The van der Waals surface area contributed by atoms with Gasteiger partial charge < -0.3 is 4.74 Å². The molecule has 0 radical (unpaired) electrons. The molecule has 0 bridgehead atoms. The van der Waals surface area contributed by atoms with E-state index < -0.39 is 0 Å². The summed E-state index contributed by atoms with van der Waals surface area (Å²) in [6, 6.07) is 4.34. The lowest BCUT2D eigenvalue weighted by molar-refractivity contribution is 0.408. The largest absolute Gasteiger partial charge is 0.496 e. The van der Waals surface area contributed by atoms with Gasteiger partial charge in [-0.05, 0) is 49.1 Å². The van der Waals surface area contributed by atoms with Gasteiger partial charge in [0.05, 0.1) is 12.8 Å². The Morgan fingerprint density at radius 3 is 2.33 bits per heavy atom. The highest BCUT2D eigenvalue weighted by molar-refractivity contribution is 5.69. The molecule has 0 N–H and O–H groups in total. The maximum absolute atomic E-state index is 5.41. The number of methoxy groups -OCH3 is 1. The number of hydrogen-bond acceptors (Lipinski definition) is 2. The van der Waals surface area contributed by atoms with Gasteiger partial charge in [-0.3, -0.25) is 4.68 Å². The van der Waals surface area contributed by atoms with Gasteiger partial charge in [-0.15, -0.1) is 0 Å². The minimum Gasteiger partial charge on any atom is -0.496 e. The number of rotatable bonds is 3. The Labute approximate surface area is 108 Å². The summed E-state index contributed by atoms with van der Waals surface area (Å²) in [6.07, 6.45) is 3.03. The molecule has 3 heteroatoms. The third-order valence-corrected chi connectivity index (χ3v) is 3.22. The Morgan fingerprint density at radius 2 is 1.83 bits per heavy atom. The third-order valence-electron chi connectivity index (χ3n) is 3.22. The van der Waals surface area contributed by atoms with E-state index in [-0.39, 0.29) is 0 Å². The molecule has 0 aliphatic rings. The fraction of sp³-hybridized carbons (Fsp3) is 0.400. The number of benzene rings is 1. The molecule has 1 aromatic heterocycles. The van der Waals surface area contributed by atoms with Crippen LogP contribution < -0.4 is 4.74 Å². The van der Waals surface area contributed by atoms with Crippen LogP contribution in [-0.4, -0.2) is 16.9 Å². The smallest absolute Gasteiger partial charge is 0.124 e. The van der Waals surface area contributed by atoms with Crippen molar-refractivity contribution in [2.24, 2.45) is 7.05 Å². The van der Waals surface area contributed by atoms with Crippen molar-refractivity contribution in [2.45, 2.75) is 27.2 Å². The quantitative estimate of drug-likeness (QED) is 0.828. The molecule has 96 valence electrons. The van der Waals surface area contributed by atoms with Crippen LogP contribution in [0.5, 0.6) is 5.75 Å². The predicted molar refractivity (Wildman–Crippen MR) is 74.0 cm³/mol. The summed E-state index contributed by atoms with van der Waals surface area (Å²) in [5.74, 6) is 0.973. The maximum Gasteiger partial charge on any atom is 0.124 e. The van der Waals surface area contributed by atoms with E-state index in [4.69, 9.17) is 4.74 Å². The fourth-order valence-electron chi connectivity index (χ4n) is 2.46. The van der Waals surface area contributed by atoms with Gasteiger partial charge in [0.2, 0.25) is 0 Å². The summed E-state index contributed by atoms with van der Waals surface area (Å²) in [5, 5.41) is 4.49. The minimum absolute atomic E-state index is 0.945. The van der Waals surface area contributed by atoms with Crippen molar-refractivity contribution in [1.29, 1.82) is 0 Å². The zero-order valence-corrected chi connectivity index (χ0v) is 11.7. The van der Waals surface area contributed by atoms with Gasteiger partial charge in [-0.2, -0.15) is 5.10 Å². The first-order chi connectivity index (χ1) is 8.56. The van der Waals surface area contributed by atoms with Crippen LogP contribution in [0.25, 0.3) is 11.1 Å². The molecule has 0 spiro atoms. The zero-order chi connectivity index (χ0) is 13.3. The molecule has 0 fully saturated rings. The van der Waals surface area contributed by atoms with Crippen LogP contribution in [0.15, 0.2) is 18.3 Å². The lowest BCUT2D eigenvalue weighted by atomic mass is 9.99. The fourth-order valence-corrected chi connectivity index (χ4v) is 2.46. The van der Waals surface area contributed by atoms with Gasteiger partial charge in [0, 0.05) is 18.8 Å². The van der Waals surface area contributed by atoms with Gasteiger partial charge in [-0.1, -0.05) is 6.92 Å². The molecule has 0 aliphatic carbocycles. The average molecular weight is 244 g/mol. The van der Waals surface area contributed by atoms with Crippen molar-refractivity contribution in [3.05, 3.63) is 35.2 Å². The van der Waals surface area contributed by atoms with Crippen LogP contribution in [0.2, 0.25) is 0 Å². The standard InChI is InChI=1S/C15H20N2O/c1-6-14-13(9-17(4)16-14)12-7-10(2)15(18-5)11(3)8-12/h7-9H,6H2,1-5H3. The van der Waals surface area contributed by atoms with E-state index in [9.17, 15) is 0 Å². The van der Waals surface area contributed by atoms with Crippen molar-refractivity contribution in [2.75, 3.05) is 7.11 Å². The number of ether oxygens (including phenoxy) is 1. The van der Waals surface area contributed by atoms with Crippen LogP contribution >= 0.6 is 0 Å². The molecule has 2 aromatic rings. The number of aromatic nitrogens is 2. The van der Waals surface area contributed by atoms with Gasteiger partial charge in [0.25, 0.3) is 0 Å². The van der Waals surface area contributed by atoms with Crippen LogP contribution in [0.1, 0.15) is 23.7 Å². The third kappa shape index (κ3) is 2.13.